The molecule has 1 saturated carbocycles. The molecule has 0 saturated heterocycles. The first-order chi connectivity index (χ1) is 16.5. The van der Waals surface area contributed by atoms with E-state index < -0.39 is 30.4 Å². The summed E-state index contributed by atoms with van der Waals surface area (Å²) in [5.41, 5.74) is 4.32. The fourth-order valence-corrected chi connectivity index (χ4v) is 5.14. The fraction of sp³-hybridized carbons (Fsp3) is 0.423. The SMILES string of the molecule is O=C(O)CC(NC(=O)OCC1c2ccccc2-c2ccccc21)C(=O)NCC1CCCC1CO. The third-order valence-corrected chi connectivity index (χ3v) is 6.92. The van der Waals surface area contributed by atoms with Crippen molar-refractivity contribution in [2.75, 3.05) is 19.8 Å². The van der Waals surface area contributed by atoms with E-state index in [2.05, 4.69) is 10.6 Å². The number of hydrogen-bond acceptors (Lipinski definition) is 5. The summed E-state index contributed by atoms with van der Waals surface area (Å²) in [6.07, 6.45) is 1.41. The zero-order chi connectivity index (χ0) is 24.1. The number of benzene rings is 2. The maximum atomic E-state index is 12.6. The summed E-state index contributed by atoms with van der Waals surface area (Å²) in [6, 6.07) is 14.6. The first-order valence-corrected chi connectivity index (χ1v) is 11.7. The number of nitrogens with one attached hydrogen (secondary N) is 2. The Morgan fingerprint density at radius 3 is 2.21 bits per heavy atom. The minimum atomic E-state index is -1.25. The number of carbonyl (C=O) groups excluding carboxylic acids is 2. The summed E-state index contributed by atoms with van der Waals surface area (Å²) in [5.74, 6) is -1.63. The zero-order valence-corrected chi connectivity index (χ0v) is 18.9. The molecule has 4 rings (SSSR count). The number of aliphatic carboxylic acids is 1. The number of aliphatic hydroxyl groups is 1. The van der Waals surface area contributed by atoms with Crippen LogP contribution in [0.3, 0.4) is 0 Å². The van der Waals surface area contributed by atoms with Crippen LogP contribution in [-0.4, -0.2) is 54.0 Å². The normalized spacial score (nSPS) is 19.7. The molecule has 2 aliphatic rings. The van der Waals surface area contributed by atoms with Gasteiger partial charge in [0.15, 0.2) is 0 Å². The number of amides is 2. The van der Waals surface area contributed by atoms with Crippen LogP contribution in [0.1, 0.15) is 42.7 Å². The van der Waals surface area contributed by atoms with Gasteiger partial charge in [0.2, 0.25) is 5.91 Å². The number of carbonyl (C=O) groups is 3. The summed E-state index contributed by atoms with van der Waals surface area (Å²) in [4.78, 5) is 36.5. The van der Waals surface area contributed by atoms with E-state index in [1.54, 1.807) is 0 Å². The van der Waals surface area contributed by atoms with Gasteiger partial charge in [-0.05, 0) is 46.9 Å². The molecule has 8 nitrogen and oxygen atoms in total. The van der Waals surface area contributed by atoms with Crippen molar-refractivity contribution < 1.29 is 29.3 Å². The lowest BCUT2D eigenvalue weighted by molar-refractivity contribution is -0.139. The molecule has 0 aromatic heterocycles. The van der Waals surface area contributed by atoms with E-state index in [1.165, 1.54) is 0 Å². The molecule has 180 valence electrons. The van der Waals surface area contributed by atoms with Gasteiger partial charge in [0.1, 0.15) is 12.6 Å². The van der Waals surface area contributed by atoms with Crippen LogP contribution in [-0.2, 0) is 14.3 Å². The Balaban J connectivity index is 1.36. The van der Waals surface area contributed by atoms with Crippen molar-refractivity contribution in [1.82, 2.24) is 10.6 Å². The van der Waals surface area contributed by atoms with E-state index in [0.717, 1.165) is 41.5 Å². The Bertz CT molecular complexity index is 1010. The van der Waals surface area contributed by atoms with Gasteiger partial charge >= 0.3 is 12.1 Å². The molecule has 2 amide bonds. The fourth-order valence-electron chi connectivity index (χ4n) is 5.14. The van der Waals surface area contributed by atoms with Crippen LogP contribution in [0, 0.1) is 11.8 Å². The molecular weight excluding hydrogens is 436 g/mol. The highest BCUT2D eigenvalue weighted by molar-refractivity contribution is 5.89. The molecule has 3 atom stereocenters. The molecule has 0 spiro atoms. The third-order valence-electron chi connectivity index (χ3n) is 6.92. The molecule has 0 heterocycles. The van der Waals surface area contributed by atoms with Crippen LogP contribution < -0.4 is 10.6 Å². The van der Waals surface area contributed by atoms with Gasteiger partial charge in [0.25, 0.3) is 0 Å². The minimum absolute atomic E-state index is 0.0666. The number of hydrogen-bond donors (Lipinski definition) is 4. The van der Waals surface area contributed by atoms with E-state index in [9.17, 15) is 24.6 Å². The van der Waals surface area contributed by atoms with E-state index >= 15 is 0 Å². The Hall–Kier alpha value is -3.39. The summed E-state index contributed by atoms with van der Waals surface area (Å²) in [6.45, 7) is 0.477. The van der Waals surface area contributed by atoms with Crippen molar-refractivity contribution in [2.24, 2.45) is 11.8 Å². The van der Waals surface area contributed by atoms with Crippen molar-refractivity contribution >= 4 is 18.0 Å². The third kappa shape index (κ3) is 5.22. The largest absolute Gasteiger partial charge is 0.481 e. The number of ether oxygens (including phenoxy) is 1. The topological polar surface area (TPSA) is 125 Å². The van der Waals surface area contributed by atoms with E-state index in [0.29, 0.717) is 6.54 Å². The van der Waals surface area contributed by atoms with Gasteiger partial charge in [-0.15, -0.1) is 0 Å². The van der Waals surface area contributed by atoms with Gasteiger partial charge in [-0.1, -0.05) is 55.0 Å². The van der Waals surface area contributed by atoms with Gasteiger partial charge in [0, 0.05) is 19.1 Å². The van der Waals surface area contributed by atoms with Crippen LogP contribution in [0.5, 0.6) is 0 Å². The average Bonchev–Trinajstić information content (AvgIpc) is 3.42. The lowest BCUT2D eigenvalue weighted by Gasteiger charge is -2.21. The van der Waals surface area contributed by atoms with Crippen LogP contribution >= 0.6 is 0 Å². The molecule has 0 bridgehead atoms. The van der Waals surface area contributed by atoms with Gasteiger partial charge < -0.3 is 25.6 Å². The standard InChI is InChI=1S/C26H30N2O6/c29-14-17-7-5-6-16(17)13-27-25(32)23(12-24(30)31)28-26(33)34-15-22-20-10-3-1-8-18(20)19-9-2-4-11-21(19)22/h1-4,8-11,16-17,22-23,29H,5-7,12-15H2,(H,27,32)(H,28,33)(H,30,31). The summed E-state index contributed by atoms with van der Waals surface area (Å²) in [5, 5.41) is 23.8. The number of aliphatic hydroxyl groups excluding tert-OH is 1. The maximum absolute atomic E-state index is 12.6. The first kappa shape index (κ1) is 23.8. The predicted octanol–water partition coefficient (Wildman–Crippen LogP) is 2.89. The highest BCUT2D eigenvalue weighted by atomic mass is 16.5. The first-order valence-electron chi connectivity index (χ1n) is 11.7. The highest BCUT2D eigenvalue weighted by Gasteiger charge is 2.31. The summed E-state index contributed by atoms with van der Waals surface area (Å²) >= 11 is 0. The second-order valence-electron chi connectivity index (χ2n) is 9.00. The van der Waals surface area contributed by atoms with E-state index in [4.69, 9.17) is 4.74 Å². The molecule has 1 fully saturated rings. The molecule has 4 N–H and O–H groups in total. The minimum Gasteiger partial charge on any atom is -0.481 e. The lowest BCUT2D eigenvalue weighted by atomic mass is 9.97. The summed E-state index contributed by atoms with van der Waals surface area (Å²) in [7, 11) is 0. The second-order valence-corrected chi connectivity index (χ2v) is 9.00. The average molecular weight is 467 g/mol. The smallest absolute Gasteiger partial charge is 0.407 e. The Labute approximate surface area is 198 Å². The van der Waals surface area contributed by atoms with Crippen molar-refractivity contribution in [3.8, 4) is 11.1 Å². The van der Waals surface area contributed by atoms with Gasteiger partial charge in [-0.3, -0.25) is 9.59 Å². The molecule has 2 aromatic rings. The van der Waals surface area contributed by atoms with Crippen LogP contribution in [0.25, 0.3) is 11.1 Å². The number of carboxylic acids is 1. The number of carboxylic acid groups (broad SMARTS) is 1. The number of alkyl carbamates (subject to hydrolysis) is 1. The van der Waals surface area contributed by atoms with Crippen molar-refractivity contribution in [3.63, 3.8) is 0 Å². The van der Waals surface area contributed by atoms with Crippen LogP contribution in [0.4, 0.5) is 4.79 Å². The van der Waals surface area contributed by atoms with Crippen molar-refractivity contribution in [3.05, 3.63) is 59.7 Å². The molecule has 3 unspecified atom stereocenters. The molecule has 8 heteroatoms. The van der Waals surface area contributed by atoms with E-state index in [1.807, 2.05) is 48.5 Å². The zero-order valence-electron chi connectivity index (χ0n) is 18.9. The molecule has 34 heavy (non-hydrogen) atoms. The molecule has 2 aromatic carbocycles. The van der Waals surface area contributed by atoms with Crippen LogP contribution in [0.2, 0.25) is 0 Å². The number of fused-ring (bicyclic) bond motifs is 3. The van der Waals surface area contributed by atoms with Gasteiger partial charge in [0.05, 0.1) is 6.42 Å². The Morgan fingerprint density at radius 1 is 0.971 bits per heavy atom. The summed E-state index contributed by atoms with van der Waals surface area (Å²) < 4.78 is 5.46. The van der Waals surface area contributed by atoms with E-state index in [-0.39, 0.29) is 31.0 Å². The molecular formula is C26H30N2O6. The lowest BCUT2D eigenvalue weighted by Crippen LogP contribution is -2.49. The molecule has 2 aliphatic carbocycles. The Morgan fingerprint density at radius 2 is 1.59 bits per heavy atom. The second kappa shape index (κ2) is 10.7. The molecule has 0 radical (unpaired) electrons. The quantitative estimate of drug-likeness (QED) is 0.450. The maximum Gasteiger partial charge on any atom is 0.407 e. The van der Waals surface area contributed by atoms with Crippen molar-refractivity contribution in [1.29, 1.82) is 0 Å². The molecule has 0 aliphatic heterocycles. The number of rotatable bonds is 9. The monoisotopic (exact) mass is 466 g/mol. The van der Waals surface area contributed by atoms with Crippen molar-refractivity contribution in [2.45, 2.75) is 37.6 Å². The Kier molecular flexibility index (Phi) is 7.47. The van der Waals surface area contributed by atoms with Gasteiger partial charge in [-0.2, -0.15) is 0 Å². The van der Waals surface area contributed by atoms with Crippen LogP contribution in [0.15, 0.2) is 48.5 Å². The van der Waals surface area contributed by atoms with Gasteiger partial charge in [-0.25, -0.2) is 4.79 Å². The predicted molar refractivity (Wildman–Crippen MR) is 125 cm³/mol. The highest BCUT2D eigenvalue weighted by Crippen LogP contribution is 2.44.